The fourth-order valence-corrected chi connectivity index (χ4v) is 5.03. The molecule has 0 amide bonds. The molecule has 0 saturated carbocycles. The smallest absolute Gasteiger partial charge is 0.475 e. The minimum Gasteiger partial charge on any atom is -0.475 e. The topological polar surface area (TPSA) is 87.8 Å². The Kier molecular flexibility index (Phi) is 8.31. The number of carbonyl (C=O) groups is 1. The van der Waals surface area contributed by atoms with Gasteiger partial charge in [-0.3, -0.25) is 4.90 Å². The van der Waals surface area contributed by atoms with Crippen molar-refractivity contribution < 1.29 is 27.8 Å². The average molecular weight is 484 g/mol. The maximum absolute atomic E-state index is 10.6. The molecule has 34 heavy (non-hydrogen) atoms. The summed E-state index contributed by atoms with van der Waals surface area (Å²) in [6, 6.07) is 6.83. The van der Waals surface area contributed by atoms with Gasteiger partial charge in [0.1, 0.15) is 0 Å². The van der Waals surface area contributed by atoms with Crippen molar-refractivity contribution in [3.8, 4) is 0 Å². The second-order valence-corrected chi connectivity index (χ2v) is 10.1. The number of nitrogen functional groups attached to an aromatic ring is 1. The van der Waals surface area contributed by atoms with Crippen molar-refractivity contribution in [2.24, 2.45) is 5.41 Å². The van der Waals surface area contributed by atoms with Crippen molar-refractivity contribution in [1.82, 2.24) is 10.2 Å². The summed E-state index contributed by atoms with van der Waals surface area (Å²) in [5, 5.41) is 10.6. The zero-order valence-electron chi connectivity index (χ0n) is 20.0. The molecule has 2 aliphatic heterocycles. The molecular weight excluding hydrogens is 447 g/mol. The Morgan fingerprint density at radius 2 is 1.76 bits per heavy atom. The van der Waals surface area contributed by atoms with Gasteiger partial charge in [-0.15, -0.1) is 0 Å². The monoisotopic (exact) mass is 483 g/mol. The number of nitrogens with one attached hydrogen (secondary N) is 1. The summed E-state index contributed by atoms with van der Waals surface area (Å²) in [6.07, 6.45) is 3.00. The number of rotatable bonds is 3. The van der Waals surface area contributed by atoms with E-state index in [4.69, 9.17) is 20.4 Å². The van der Waals surface area contributed by atoms with Gasteiger partial charge in [-0.05, 0) is 60.8 Å². The first-order valence-electron chi connectivity index (χ1n) is 11.9. The predicted molar refractivity (Wildman–Crippen MR) is 126 cm³/mol. The summed E-state index contributed by atoms with van der Waals surface area (Å²) in [5.74, 6) is -2.76. The van der Waals surface area contributed by atoms with Crippen LogP contribution in [0.2, 0.25) is 0 Å². The molecule has 6 nitrogen and oxygen atoms in total. The number of allylic oxidation sites excluding steroid dienone is 2. The van der Waals surface area contributed by atoms with Gasteiger partial charge in [0.05, 0.1) is 5.54 Å². The SMILES string of the molecule is CC1(C)CC=C(c2cc(C3(N4CCNCC4)CCOCC3)ccc2N)CC1.O=C(O)C(F)(F)F. The van der Waals surface area contributed by atoms with E-state index in [0.29, 0.717) is 5.41 Å². The molecule has 0 spiro atoms. The van der Waals surface area contributed by atoms with E-state index in [2.05, 4.69) is 48.3 Å². The number of aliphatic carboxylic acids is 1. The molecule has 0 atom stereocenters. The van der Waals surface area contributed by atoms with Crippen LogP contribution in [0.3, 0.4) is 0 Å². The van der Waals surface area contributed by atoms with E-state index in [1.165, 1.54) is 23.1 Å². The lowest BCUT2D eigenvalue weighted by Crippen LogP contribution is -2.56. The number of nitrogens with zero attached hydrogens (tertiary/aromatic N) is 1. The van der Waals surface area contributed by atoms with E-state index in [1.807, 2.05) is 0 Å². The molecule has 1 aliphatic carbocycles. The van der Waals surface area contributed by atoms with Gasteiger partial charge in [0.2, 0.25) is 0 Å². The quantitative estimate of drug-likeness (QED) is 0.552. The normalized spacial score (nSPS) is 22.8. The third-order valence-electron chi connectivity index (χ3n) is 7.19. The van der Waals surface area contributed by atoms with Gasteiger partial charge in [-0.1, -0.05) is 26.0 Å². The van der Waals surface area contributed by atoms with Crippen LogP contribution >= 0.6 is 0 Å². The Morgan fingerprint density at radius 3 is 2.29 bits per heavy atom. The van der Waals surface area contributed by atoms with Crippen molar-refractivity contribution >= 4 is 17.2 Å². The number of alkyl halides is 3. The number of hydrogen-bond acceptors (Lipinski definition) is 5. The number of anilines is 1. The zero-order chi connectivity index (χ0) is 25.0. The molecule has 2 heterocycles. The Labute approximate surface area is 199 Å². The molecule has 1 aromatic carbocycles. The maximum atomic E-state index is 10.6. The number of carboxylic acids is 1. The van der Waals surface area contributed by atoms with Crippen LogP contribution in [0.4, 0.5) is 18.9 Å². The van der Waals surface area contributed by atoms with Gasteiger partial charge in [0.25, 0.3) is 0 Å². The minimum atomic E-state index is -5.08. The van der Waals surface area contributed by atoms with E-state index in [-0.39, 0.29) is 5.54 Å². The summed E-state index contributed by atoms with van der Waals surface area (Å²) in [5.41, 5.74) is 12.0. The van der Waals surface area contributed by atoms with Crippen LogP contribution in [0, 0.1) is 5.41 Å². The molecule has 190 valence electrons. The second-order valence-electron chi connectivity index (χ2n) is 10.1. The molecule has 1 aromatic rings. The van der Waals surface area contributed by atoms with Crippen LogP contribution in [-0.4, -0.2) is 61.5 Å². The summed E-state index contributed by atoms with van der Waals surface area (Å²) in [6.45, 7) is 10.8. The van der Waals surface area contributed by atoms with E-state index in [1.54, 1.807) is 0 Å². The summed E-state index contributed by atoms with van der Waals surface area (Å²) >= 11 is 0. The van der Waals surface area contributed by atoms with E-state index >= 15 is 0 Å². The molecule has 0 aromatic heterocycles. The van der Waals surface area contributed by atoms with E-state index in [0.717, 1.165) is 70.8 Å². The maximum Gasteiger partial charge on any atom is 0.490 e. The fourth-order valence-electron chi connectivity index (χ4n) is 5.03. The van der Waals surface area contributed by atoms with Crippen molar-refractivity contribution in [2.45, 2.75) is 57.7 Å². The van der Waals surface area contributed by atoms with Gasteiger partial charge in [-0.2, -0.15) is 13.2 Å². The molecule has 4 rings (SSSR count). The lowest BCUT2D eigenvalue weighted by molar-refractivity contribution is -0.192. The molecule has 0 bridgehead atoms. The molecule has 2 fully saturated rings. The number of nitrogens with two attached hydrogens (primary N) is 1. The van der Waals surface area contributed by atoms with Gasteiger partial charge in [0, 0.05) is 50.6 Å². The molecule has 4 N–H and O–H groups in total. The van der Waals surface area contributed by atoms with Crippen LogP contribution in [0.15, 0.2) is 24.3 Å². The van der Waals surface area contributed by atoms with E-state index < -0.39 is 12.1 Å². The van der Waals surface area contributed by atoms with Crippen LogP contribution in [0.1, 0.15) is 57.1 Å². The first kappa shape index (κ1) is 26.5. The van der Waals surface area contributed by atoms with Crippen LogP contribution in [0.25, 0.3) is 5.57 Å². The standard InChI is InChI=1S/C23H35N3O.C2HF3O2/c1-22(2)7-5-18(6-8-22)20-17-19(3-4-21(20)24)23(9-15-27-16-10-23)26-13-11-25-12-14-26;3-2(4,5)1(6)7/h3-5,17,25H,6-16,24H2,1-2H3;(H,6,7). The van der Waals surface area contributed by atoms with Gasteiger partial charge < -0.3 is 20.9 Å². The lowest BCUT2D eigenvalue weighted by atomic mass is 9.75. The highest BCUT2D eigenvalue weighted by molar-refractivity contribution is 5.76. The molecule has 2 saturated heterocycles. The zero-order valence-corrected chi connectivity index (χ0v) is 20.0. The van der Waals surface area contributed by atoms with Crippen molar-refractivity contribution in [2.75, 3.05) is 45.1 Å². The summed E-state index contributed by atoms with van der Waals surface area (Å²) in [7, 11) is 0. The molecule has 9 heteroatoms. The number of hydrogen-bond donors (Lipinski definition) is 3. The van der Waals surface area contributed by atoms with Crippen molar-refractivity contribution in [1.29, 1.82) is 0 Å². The van der Waals surface area contributed by atoms with Gasteiger partial charge in [0.15, 0.2) is 0 Å². The Hall–Kier alpha value is -2.10. The second kappa shape index (κ2) is 10.7. The predicted octanol–water partition coefficient (Wildman–Crippen LogP) is 4.41. The lowest BCUT2D eigenvalue weighted by Gasteiger charge is -2.48. The van der Waals surface area contributed by atoms with Gasteiger partial charge in [-0.25, -0.2) is 4.79 Å². The average Bonchev–Trinajstić information content (AvgIpc) is 2.80. The molecule has 0 radical (unpaired) electrons. The summed E-state index contributed by atoms with van der Waals surface area (Å²) in [4.78, 5) is 11.6. The summed E-state index contributed by atoms with van der Waals surface area (Å²) < 4.78 is 37.5. The highest BCUT2D eigenvalue weighted by Gasteiger charge is 2.41. The van der Waals surface area contributed by atoms with Crippen molar-refractivity contribution in [3.05, 3.63) is 35.4 Å². The van der Waals surface area contributed by atoms with E-state index in [9.17, 15) is 13.2 Å². The first-order chi connectivity index (χ1) is 15.9. The molecular formula is C25H36F3N3O3. The number of ether oxygens (including phenoxy) is 1. The minimum absolute atomic E-state index is 0.0945. The largest absolute Gasteiger partial charge is 0.490 e. The highest BCUT2D eigenvalue weighted by Crippen LogP contribution is 2.43. The van der Waals surface area contributed by atoms with Crippen LogP contribution < -0.4 is 11.1 Å². The number of carboxylic acid groups (broad SMARTS) is 1. The Bertz CT molecular complexity index is 887. The third kappa shape index (κ3) is 6.31. The Balaban J connectivity index is 0.000000406. The fraction of sp³-hybridized carbons (Fsp3) is 0.640. The van der Waals surface area contributed by atoms with Gasteiger partial charge >= 0.3 is 12.1 Å². The third-order valence-corrected chi connectivity index (χ3v) is 7.19. The number of benzene rings is 1. The number of halogens is 3. The Morgan fingerprint density at radius 1 is 1.15 bits per heavy atom. The van der Waals surface area contributed by atoms with Crippen LogP contribution in [0.5, 0.6) is 0 Å². The molecule has 0 unspecified atom stereocenters. The first-order valence-corrected chi connectivity index (χ1v) is 11.9. The van der Waals surface area contributed by atoms with Crippen molar-refractivity contribution in [3.63, 3.8) is 0 Å². The highest BCUT2D eigenvalue weighted by atomic mass is 19.4. The number of piperazine rings is 1. The molecule has 3 aliphatic rings. The van der Waals surface area contributed by atoms with Crippen LogP contribution in [-0.2, 0) is 15.1 Å².